The number of sulfonamides is 1. The fraction of sp³-hybridized carbons (Fsp3) is 0.118. The molecule has 5 nitrogen and oxygen atoms in total. The molecule has 10 heteroatoms. The molecule has 3 rings (SSSR count). The maximum Gasteiger partial charge on any atom is 0.298 e. The Hall–Kier alpha value is -2.36. The molecule has 3 aromatic rings. The summed E-state index contributed by atoms with van der Waals surface area (Å²) in [5.41, 5.74) is 0.971. The lowest BCUT2D eigenvalue weighted by atomic mass is 9.98. The number of rotatable bonds is 4. The van der Waals surface area contributed by atoms with Gasteiger partial charge in [0, 0.05) is 10.6 Å². The summed E-state index contributed by atoms with van der Waals surface area (Å²) in [6.45, 7) is 1.77. The van der Waals surface area contributed by atoms with Crippen LogP contribution in [0.5, 0.6) is 0 Å². The quantitative estimate of drug-likeness (QED) is 0.668. The Labute approximate surface area is 157 Å². The molecule has 0 atom stereocenters. The van der Waals surface area contributed by atoms with Crippen molar-refractivity contribution in [1.82, 2.24) is 5.16 Å². The van der Waals surface area contributed by atoms with Gasteiger partial charge in [-0.15, -0.1) is 0 Å². The summed E-state index contributed by atoms with van der Waals surface area (Å²) in [5, 5.41) is 8.98. The highest BCUT2D eigenvalue weighted by atomic mass is 35.5. The molecule has 2 aromatic carbocycles. The number of hydrogen-bond donors (Lipinski definition) is 1. The standard InChI is InChI=1S/C17H12ClF3N2O3S/c1-8-2-3-10(6-11(8)18)15-14(16(17(20)21)26-23-15)9-4-5-13(12(19)7-9)27(22,24)25/h2-7,17H,1H3,(H2,22,24,25). The molecule has 0 saturated carbocycles. The van der Waals surface area contributed by atoms with E-state index in [4.69, 9.17) is 21.3 Å². The Kier molecular flexibility index (Phi) is 5.02. The van der Waals surface area contributed by atoms with E-state index in [1.54, 1.807) is 19.1 Å². The number of aromatic nitrogens is 1. The third-order valence-electron chi connectivity index (χ3n) is 3.89. The van der Waals surface area contributed by atoms with E-state index in [-0.39, 0.29) is 16.8 Å². The highest BCUT2D eigenvalue weighted by Gasteiger charge is 2.27. The van der Waals surface area contributed by atoms with Crippen LogP contribution in [0.4, 0.5) is 13.2 Å². The van der Waals surface area contributed by atoms with Crippen LogP contribution >= 0.6 is 11.6 Å². The summed E-state index contributed by atoms with van der Waals surface area (Å²) in [4.78, 5) is -0.749. The number of hydrogen-bond acceptors (Lipinski definition) is 4. The number of benzene rings is 2. The third kappa shape index (κ3) is 3.71. The molecular weight excluding hydrogens is 405 g/mol. The maximum absolute atomic E-state index is 14.2. The average molecular weight is 417 g/mol. The minimum Gasteiger partial charge on any atom is -0.354 e. The lowest BCUT2D eigenvalue weighted by Crippen LogP contribution is -2.14. The zero-order valence-electron chi connectivity index (χ0n) is 13.7. The van der Waals surface area contributed by atoms with Gasteiger partial charge in [0.15, 0.2) is 0 Å². The number of aryl methyl sites for hydroxylation is 1. The molecule has 0 amide bonds. The minimum absolute atomic E-state index is 0.0231. The van der Waals surface area contributed by atoms with Crippen molar-refractivity contribution in [2.45, 2.75) is 18.2 Å². The first-order chi connectivity index (χ1) is 12.6. The fourth-order valence-electron chi connectivity index (χ4n) is 2.56. The van der Waals surface area contributed by atoms with Crippen LogP contribution in [-0.4, -0.2) is 13.6 Å². The van der Waals surface area contributed by atoms with E-state index in [0.717, 1.165) is 23.8 Å². The number of halogens is 4. The van der Waals surface area contributed by atoms with E-state index in [2.05, 4.69) is 5.16 Å². The van der Waals surface area contributed by atoms with Crippen LogP contribution < -0.4 is 5.14 Å². The van der Waals surface area contributed by atoms with Crippen LogP contribution in [0.25, 0.3) is 22.4 Å². The van der Waals surface area contributed by atoms with Crippen molar-refractivity contribution in [3.05, 3.63) is 58.6 Å². The predicted molar refractivity (Wildman–Crippen MR) is 93.4 cm³/mol. The summed E-state index contributed by atoms with van der Waals surface area (Å²) in [7, 11) is -4.30. The second-order valence-electron chi connectivity index (χ2n) is 5.73. The smallest absolute Gasteiger partial charge is 0.298 e. The van der Waals surface area contributed by atoms with Crippen LogP contribution in [0, 0.1) is 12.7 Å². The first-order valence-electron chi connectivity index (χ1n) is 7.46. The van der Waals surface area contributed by atoms with E-state index in [0.29, 0.717) is 10.6 Å². The topological polar surface area (TPSA) is 86.2 Å². The highest BCUT2D eigenvalue weighted by molar-refractivity contribution is 7.89. The first kappa shape index (κ1) is 19.4. The summed E-state index contributed by atoms with van der Waals surface area (Å²) in [5.74, 6) is -1.95. The Morgan fingerprint density at radius 3 is 2.37 bits per heavy atom. The van der Waals surface area contributed by atoms with E-state index < -0.39 is 32.9 Å². The monoisotopic (exact) mass is 416 g/mol. The van der Waals surface area contributed by atoms with Crippen molar-refractivity contribution in [3.63, 3.8) is 0 Å². The molecule has 1 aromatic heterocycles. The molecule has 0 bridgehead atoms. The molecule has 0 radical (unpaired) electrons. The van der Waals surface area contributed by atoms with Gasteiger partial charge in [0.05, 0.1) is 5.56 Å². The second kappa shape index (κ2) is 6.99. The Morgan fingerprint density at radius 2 is 1.81 bits per heavy atom. The fourth-order valence-corrected chi connectivity index (χ4v) is 3.32. The SMILES string of the molecule is Cc1ccc(-c2noc(C(F)F)c2-c2ccc(S(N)(=O)=O)c(F)c2)cc1Cl. The zero-order chi connectivity index (χ0) is 19.9. The predicted octanol–water partition coefficient (Wildman–Crippen LogP) is 4.69. The zero-order valence-corrected chi connectivity index (χ0v) is 15.3. The molecule has 0 aliphatic carbocycles. The molecular formula is C17H12ClF3N2O3S. The molecule has 27 heavy (non-hydrogen) atoms. The van der Waals surface area contributed by atoms with Gasteiger partial charge >= 0.3 is 0 Å². The normalized spacial score (nSPS) is 12.0. The van der Waals surface area contributed by atoms with Crippen molar-refractivity contribution in [3.8, 4) is 22.4 Å². The molecule has 0 aliphatic heterocycles. The lowest BCUT2D eigenvalue weighted by molar-refractivity contribution is 0.113. The average Bonchev–Trinajstić information content (AvgIpc) is 3.01. The molecule has 0 spiro atoms. The summed E-state index contributed by atoms with van der Waals surface area (Å²) in [6.07, 6.45) is -3.02. The number of nitrogens with two attached hydrogens (primary N) is 1. The lowest BCUT2D eigenvalue weighted by Gasteiger charge is -2.08. The van der Waals surface area contributed by atoms with Crippen molar-refractivity contribution < 1.29 is 26.1 Å². The Morgan fingerprint density at radius 1 is 1.15 bits per heavy atom. The van der Waals surface area contributed by atoms with Gasteiger partial charge in [-0.25, -0.2) is 26.7 Å². The molecule has 2 N–H and O–H groups in total. The minimum atomic E-state index is -4.30. The van der Waals surface area contributed by atoms with Gasteiger partial charge in [-0.3, -0.25) is 0 Å². The number of primary sulfonamides is 1. The van der Waals surface area contributed by atoms with Crippen LogP contribution in [0.1, 0.15) is 17.7 Å². The van der Waals surface area contributed by atoms with Crippen LogP contribution in [0.15, 0.2) is 45.8 Å². The van der Waals surface area contributed by atoms with E-state index in [1.807, 2.05) is 0 Å². The molecule has 1 heterocycles. The van der Waals surface area contributed by atoms with Gasteiger partial charge in [-0.2, -0.15) is 0 Å². The van der Waals surface area contributed by atoms with Crippen LogP contribution in [-0.2, 0) is 10.0 Å². The van der Waals surface area contributed by atoms with Crippen molar-refractivity contribution in [1.29, 1.82) is 0 Å². The third-order valence-corrected chi connectivity index (χ3v) is 5.24. The highest BCUT2D eigenvalue weighted by Crippen LogP contribution is 2.40. The number of alkyl halides is 2. The molecule has 0 fully saturated rings. The maximum atomic E-state index is 14.2. The van der Waals surface area contributed by atoms with E-state index in [9.17, 15) is 21.6 Å². The molecule has 142 valence electrons. The number of nitrogens with zero attached hydrogens (tertiary/aromatic N) is 1. The van der Waals surface area contributed by atoms with E-state index in [1.165, 1.54) is 6.07 Å². The van der Waals surface area contributed by atoms with Crippen molar-refractivity contribution in [2.24, 2.45) is 5.14 Å². The van der Waals surface area contributed by atoms with Gasteiger partial charge < -0.3 is 4.52 Å². The van der Waals surface area contributed by atoms with Crippen molar-refractivity contribution in [2.75, 3.05) is 0 Å². The van der Waals surface area contributed by atoms with Crippen molar-refractivity contribution >= 4 is 21.6 Å². The van der Waals surface area contributed by atoms with Gasteiger partial charge in [-0.1, -0.05) is 35.0 Å². The van der Waals surface area contributed by atoms with Gasteiger partial charge in [0.25, 0.3) is 6.43 Å². The van der Waals surface area contributed by atoms with Gasteiger partial charge in [0.2, 0.25) is 15.8 Å². The Balaban J connectivity index is 2.24. The molecule has 0 saturated heterocycles. The van der Waals surface area contributed by atoms with E-state index >= 15 is 0 Å². The van der Waals surface area contributed by atoms with Crippen LogP contribution in [0.3, 0.4) is 0 Å². The largest absolute Gasteiger partial charge is 0.354 e. The summed E-state index contributed by atoms with van der Waals surface area (Å²) < 4.78 is 68.5. The van der Waals surface area contributed by atoms with Gasteiger partial charge in [-0.05, 0) is 36.2 Å². The molecule has 0 unspecified atom stereocenters. The summed E-state index contributed by atoms with van der Waals surface area (Å²) >= 11 is 6.08. The Bertz CT molecular complexity index is 1130. The first-order valence-corrected chi connectivity index (χ1v) is 9.39. The van der Waals surface area contributed by atoms with Gasteiger partial charge in [0.1, 0.15) is 16.4 Å². The summed E-state index contributed by atoms with van der Waals surface area (Å²) in [6, 6.07) is 7.63. The van der Waals surface area contributed by atoms with Crippen LogP contribution in [0.2, 0.25) is 5.02 Å². The molecule has 0 aliphatic rings. The second-order valence-corrected chi connectivity index (χ2v) is 7.66.